The molecule has 0 spiro atoms. The number of aryl methyl sites for hydroxylation is 1. The lowest BCUT2D eigenvalue weighted by Gasteiger charge is -2.08. The predicted octanol–water partition coefficient (Wildman–Crippen LogP) is 0.997. The quantitative estimate of drug-likeness (QED) is 0.745. The van der Waals surface area contributed by atoms with E-state index in [0.717, 1.165) is 18.7 Å². The van der Waals surface area contributed by atoms with Gasteiger partial charge < -0.3 is 5.32 Å². The summed E-state index contributed by atoms with van der Waals surface area (Å²) in [7, 11) is -3.64. The van der Waals surface area contributed by atoms with Crippen molar-refractivity contribution in [2.24, 2.45) is 0 Å². The van der Waals surface area contributed by atoms with Crippen LogP contribution in [-0.2, 0) is 16.6 Å². The summed E-state index contributed by atoms with van der Waals surface area (Å²) in [6.07, 6.45) is 5.97. The lowest BCUT2D eigenvalue weighted by Crippen LogP contribution is -2.19. The summed E-state index contributed by atoms with van der Waals surface area (Å²) in [5, 5.41) is 7.22. The molecule has 0 bridgehead atoms. The molecule has 0 radical (unpaired) electrons. The standard InChI is InChI=1S/C13H19N5O2S/c1-3-14-6-7-18-10-12(8-16-18)21(19,20)17-13-9-15-5-4-11(13)2/h4-5,8-10,14,17H,3,6-7H2,1-2H3. The largest absolute Gasteiger partial charge is 0.315 e. The van der Waals surface area contributed by atoms with Crippen molar-refractivity contribution in [3.63, 3.8) is 0 Å². The Morgan fingerprint density at radius 3 is 2.86 bits per heavy atom. The number of sulfonamides is 1. The van der Waals surface area contributed by atoms with Crippen LogP contribution in [0.15, 0.2) is 35.7 Å². The molecule has 0 aromatic carbocycles. The summed E-state index contributed by atoms with van der Waals surface area (Å²) in [4.78, 5) is 4.06. The van der Waals surface area contributed by atoms with Crippen molar-refractivity contribution in [3.8, 4) is 0 Å². The highest BCUT2D eigenvalue weighted by atomic mass is 32.2. The highest BCUT2D eigenvalue weighted by Crippen LogP contribution is 2.17. The molecule has 0 aliphatic carbocycles. The van der Waals surface area contributed by atoms with Crippen LogP contribution < -0.4 is 10.0 Å². The molecule has 114 valence electrons. The summed E-state index contributed by atoms with van der Waals surface area (Å²) in [5.74, 6) is 0. The van der Waals surface area contributed by atoms with E-state index in [4.69, 9.17) is 0 Å². The third kappa shape index (κ3) is 4.02. The van der Waals surface area contributed by atoms with Crippen LogP contribution in [0.3, 0.4) is 0 Å². The SMILES string of the molecule is CCNCCn1cc(S(=O)(=O)Nc2cnccc2C)cn1. The Labute approximate surface area is 124 Å². The van der Waals surface area contributed by atoms with Crippen LogP contribution in [0.4, 0.5) is 5.69 Å². The molecule has 2 heterocycles. The first kappa shape index (κ1) is 15.5. The molecule has 0 saturated heterocycles. The normalized spacial score (nSPS) is 11.5. The van der Waals surface area contributed by atoms with Crippen molar-refractivity contribution in [3.05, 3.63) is 36.4 Å². The van der Waals surface area contributed by atoms with Crippen molar-refractivity contribution in [1.29, 1.82) is 0 Å². The smallest absolute Gasteiger partial charge is 0.265 e. The second kappa shape index (κ2) is 6.68. The Morgan fingerprint density at radius 2 is 2.14 bits per heavy atom. The lowest BCUT2D eigenvalue weighted by atomic mass is 10.3. The number of nitrogens with one attached hydrogen (secondary N) is 2. The number of pyridine rings is 1. The third-order valence-electron chi connectivity index (χ3n) is 2.97. The van der Waals surface area contributed by atoms with E-state index in [-0.39, 0.29) is 4.90 Å². The number of nitrogens with zero attached hydrogens (tertiary/aromatic N) is 3. The van der Waals surface area contributed by atoms with Gasteiger partial charge >= 0.3 is 0 Å². The average molecular weight is 309 g/mol. The first-order valence-corrected chi connectivity index (χ1v) is 8.18. The van der Waals surface area contributed by atoms with Gasteiger partial charge in [0.2, 0.25) is 0 Å². The molecule has 21 heavy (non-hydrogen) atoms. The van der Waals surface area contributed by atoms with Crippen LogP contribution in [0.25, 0.3) is 0 Å². The van der Waals surface area contributed by atoms with Crippen LogP contribution in [0, 0.1) is 6.92 Å². The molecule has 8 heteroatoms. The van der Waals surface area contributed by atoms with E-state index >= 15 is 0 Å². The minimum Gasteiger partial charge on any atom is -0.315 e. The predicted molar refractivity (Wildman–Crippen MR) is 80.6 cm³/mol. The topological polar surface area (TPSA) is 88.9 Å². The first-order valence-electron chi connectivity index (χ1n) is 6.69. The fourth-order valence-corrected chi connectivity index (χ4v) is 2.82. The zero-order valence-corrected chi connectivity index (χ0v) is 12.9. The second-order valence-corrected chi connectivity index (χ2v) is 6.27. The van der Waals surface area contributed by atoms with Crippen molar-refractivity contribution in [1.82, 2.24) is 20.1 Å². The Morgan fingerprint density at radius 1 is 1.33 bits per heavy atom. The highest BCUT2D eigenvalue weighted by molar-refractivity contribution is 7.92. The van der Waals surface area contributed by atoms with Gasteiger partial charge in [0.1, 0.15) is 4.90 Å². The van der Waals surface area contributed by atoms with Gasteiger partial charge in [0.15, 0.2) is 0 Å². The summed E-state index contributed by atoms with van der Waals surface area (Å²) in [5.41, 5.74) is 1.28. The summed E-state index contributed by atoms with van der Waals surface area (Å²) in [6.45, 7) is 6.06. The number of rotatable bonds is 7. The van der Waals surface area contributed by atoms with E-state index < -0.39 is 10.0 Å². The Hall–Kier alpha value is -1.93. The minimum atomic E-state index is -3.64. The second-order valence-electron chi connectivity index (χ2n) is 4.59. The van der Waals surface area contributed by atoms with Gasteiger partial charge in [-0.05, 0) is 25.1 Å². The van der Waals surface area contributed by atoms with Crippen molar-refractivity contribution in [2.45, 2.75) is 25.3 Å². The number of hydrogen-bond acceptors (Lipinski definition) is 5. The van der Waals surface area contributed by atoms with Gasteiger partial charge in [0.25, 0.3) is 10.0 Å². The Bertz CT molecular complexity index is 696. The molecule has 0 amide bonds. The average Bonchev–Trinajstić information content (AvgIpc) is 2.91. The zero-order valence-electron chi connectivity index (χ0n) is 12.1. The van der Waals surface area contributed by atoms with E-state index in [1.54, 1.807) is 16.9 Å². The van der Waals surface area contributed by atoms with Crippen molar-refractivity contribution >= 4 is 15.7 Å². The molecule has 2 aromatic heterocycles. The van der Waals surface area contributed by atoms with Gasteiger partial charge in [0, 0.05) is 18.9 Å². The number of aromatic nitrogens is 3. The summed E-state index contributed by atoms with van der Waals surface area (Å²) in [6, 6.07) is 1.75. The number of anilines is 1. The van der Waals surface area contributed by atoms with Gasteiger partial charge in [-0.2, -0.15) is 5.10 Å². The lowest BCUT2D eigenvalue weighted by molar-refractivity contribution is 0.564. The van der Waals surface area contributed by atoms with Crippen LogP contribution in [0.1, 0.15) is 12.5 Å². The molecule has 0 atom stereocenters. The molecule has 0 aliphatic heterocycles. The maximum atomic E-state index is 12.3. The maximum absolute atomic E-state index is 12.3. The van der Waals surface area contributed by atoms with E-state index in [0.29, 0.717) is 12.2 Å². The van der Waals surface area contributed by atoms with Gasteiger partial charge in [-0.1, -0.05) is 6.92 Å². The van der Waals surface area contributed by atoms with E-state index in [1.807, 2.05) is 13.8 Å². The van der Waals surface area contributed by atoms with Crippen molar-refractivity contribution < 1.29 is 8.42 Å². The van der Waals surface area contributed by atoms with Crippen LogP contribution in [-0.4, -0.2) is 36.3 Å². The molecule has 2 N–H and O–H groups in total. The molecule has 0 aliphatic rings. The fourth-order valence-electron chi connectivity index (χ4n) is 1.75. The van der Waals surface area contributed by atoms with E-state index in [2.05, 4.69) is 20.1 Å². The molecule has 0 saturated carbocycles. The third-order valence-corrected chi connectivity index (χ3v) is 4.29. The monoisotopic (exact) mass is 309 g/mol. The summed E-state index contributed by atoms with van der Waals surface area (Å²) < 4.78 is 28.7. The molecule has 2 aromatic rings. The zero-order chi connectivity index (χ0) is 15.3. The van der Waals surface area contributed by atoms with Crippen LogP contribution in [0.2, 0.25) is 0 Å². The molecular weight excluding hydrogens is 290 g/mol. The Balaban J connectivity index is 2.11. The summed E-state index contributed by atoms with van der Waals surface area (Å²) >= 11 is 0. The van der Waals surface area contributed by atoms with Crippen molar-refractivity contribution in [2.75, 3.05) is 17.8 Å². The van der Waals surface area contributed by atoms with Crippen LogP contribution in [0.5, 0.6) is 0 Å². The molecule has 2 rings (SSSR count). The first-order chi connectivity index (χ1) is 10.0. The maximum Gasteiger partial charge on any atom is 0.265 e. The van der Waals surface area contributed by atoms with E-state index in [9.17, 15) is 8.42 Å². The minimum absolute atomic E-state index is 0.141. The molecule has 7 nitrogen and oxygen atoms in total. The van der Waals surface area contributed by atoms with Gasteiger partial charge in [-0.3, -0.25) is 14.4 Å². The molecule has 0 fully saturated rings. The Kier molecular flexibility index (Phi) is 4.92. The van der Waals surface area contributed by atoms with Gasteiger partial charge in [-0.15, -0.1) is 0 Å². The number of hydrogen-bond donors (Lipinski definition) is 2. The van der Waals surface area contributed by atoms with Gasteiger partial charge in [0.05, 0.1) is 24.6 Å². The highest BCUT2D eigenvalue weighted by Gasteiger charge is 2.17. The van der Waals surface area contributed by atoms with E-state index in [1.165, 1.54) is 18.6 Å². The van der Waals surface area contributed by atoms with Gasteiger partial charge in [-0.25, -0.2) is 8.42 Å². The molecular formula is C13H19N5O2S. The van der Waals surface area contributed by atoms with Crippen LogP contribution >= 0.6 is 0 Å². The molecule has 0 unspecified atom stereocenters. The number of likely N-dealkylation sites (N-methyl/N-ethyl adjacent to an activating group) is 1. The fraction of sp³-hybridized carbons (Fsp3) is 0.385.